The number of aromatic nitrogens is 2. The summed E-state index contributed by atoms with van der Waals surface area (Å²) in [6.07, 6.45) is 6.17. The summed E-state index contributed by atoms with van der Waals surface area (Å²) in [4.78, 5) is 0. The lowest BCUT2D eigenvalue weighted by molar-refractivity contribution is 0.258. The van der Waals surface area contributed by atoms with Gasteiger partial charge in [0.1, 0.15) is 19.0 Å². The predicted molar refractivity (Wildman–Crippen MR) is 125 cm³/mol. The Kier molecular flexibility index (Phi) is 8.32. The first-order chi connectivity index (χ1) is 15.5. The van der Waals surface area contributed by atoms with E-state index in [2.05, 4.69) is 16.8 Å². The third kappa shape index (κ3) is 6.91. The molecule has 1 aromatic heterocycles. The molecule has 0 unspecified atom stereocenters. The molecule has 164 valence electrons. The Morgan fingerprint density at radius 2 is 1.78 bits per heavy atom. The van der Waals surface area contributed by atoms with E-state index in [-0.39, 0.29) is 5.82 Å². The second-order valence-electron chi connectivity index (χ2n) is 7.40. The van der Waals surface area contributed by atoms with E-state index in [1.165, 1.54) is 6.07 Å². The Balaban J connectivity index is 1.84. The molecule has 0 bridgehead atoms. The maximum absolute atomic E-state index is 14.1. The van der Waals surface area contributed by atoms with Crippen molar-refractivity contribution in [1.29, 1.82) is 0 Å². The summed E-state index contributed by atoms with van der Waals surface area (Å²) in [6.45, 7) is 8.45. The van der Waals surface area contributed by atoms with Gasteiger partial charge in [-0.1, -0.05) is 78.9 Å². The first-order valence-corrected chi connectivity index (χ1v) is 10.4. The molecule has 0 aliphatic rings. The van der Waals surface area contributed by atoms with Gasteiger partial charge in [-0.3, -0.25) is 0 Å². The molecule has 0 spiro atoms. The number of benzene rings is 2. The van der Waals surface area contributed by atoms with Gasteiger partial charge in [-0.2, -0.15) is 5.10 Å². The Bertz CT molecular complexity index is 1110. The average Bonchev–Trinajstić information content (AvgIpc) is 2.79. The van der Waals surface area contributed by atoms with Crippen LogP contribution < -0.4 is 9.47 Å². The van der Waals surface area contributed by atoms with Gasteiger partial charge in [0, 0.05) is 12.5 Å². The number of ether oxygens (including phenoxy) is 2. The lowest BCUT2D eigenvalue weighted by atomic mass is 10.1. The third-order valence-electron chi connectivity index (χ3n) is 4.53. The smallest absolute Gasteiger partial charge is 0.276 e. The molecule has 2 aromatic carbocycles. The second kappa shape index (κ2) is 11.6. The summed E-state index contributed by atoms with van der Waals surface area (Å²) in [6, 6.07) is 18.2. The van der Waals surface area contributed by atoms with Crippen molar-refractivity contribution in [3.05, 3.63) is 119 Å². The van der Waals surface area contributed by atoms with E-state index in [0.717, 1.165) is 16.7 Å². The summed E-state index contributed by atoms with van der Waals surface area (Å²) in [5.74, 6) is 0.474. The fourth-order valence-electron chi connectivity index (χ4n) is 3.08. The zero-order chi connectivity index (χ0) is 22.8. The van der Waals surface area contributed by atoms with Crippen molar-refractivity contribution in [2.75, 3.05) is 6.61 Å². The molecule has 0 aliphatic heterocycles. The Morgan fingerprint density at radius 1 is 1.03 bits per heavy atom. The van der Waals surface area contributed by atoms with E-state index in [0.29, 0.717) is 42.5 Å². The zero-order valence-electron chi connectivity index (χ0n) is 18.4. The van der Waals surface area contributed by atoms with E-state index >= 15 is 0 Å². The van der Waals surface area contributed by atoms with Crippen molar-refractivity contribution in [2.24, 2.45) is 0 Å². The highest BCUT2D eigenvalue weighted by Crippen LogP contribution is 2.27. The van der Waals surface area contributed by atoms with Crippen LogP contribution in [0.15, 0.2) is 96.6 Å². The van der Waals surface area contributed by atoms with Crippen LogP contribution in [0.25, 0.3) is 0 Å². The van der Waals surface area contributed by atoms with Gasteiger partial charge >= 0.3 is 0 Å². The maximum Gasteiger partial charge on any atom is 0.276 e. The molecule has 0 radical (unpaired) electrons. The highest BCUT2D eigenvalue weighted by atomic mass is 19.1. The Labute approximate surface area is 188 Å². The monoisotopic (exact) mass is 430 g/mol. The zero-order valence-corrected chi connectivity index (χ0v) is 18.4. The van der Waals surface area contributed by atoms with Crippen LogP contribution in [0.1, 0.15) is 30.7 Å². The number of hydrogen-bond donors (Lipinski definition) is 0. The van der Waals surface area contributed by atoms with E-state index in [4.69, 9.17) is 9.47 Å². The minimum Gasteiger partial charge on any atom is -0.483 e. The fraction of sp³-hybridized carbons (Fsp3) is 0.185. The molecular formula is C27H27FN2O2. The standard InChI is InChI=1S/C27H27FN2O2/c1-4-10-22(15-20(2)3)19-31-26-17-24(16-23-13-8-9-14-25(23)28)29-30-27(26)32-18-21-11-6-5-7-12-21/h4-15,17H,2,16,18-19H2,1,3H3. The number of hydrogen-bond acceptors (Lipinski definition) is 4. The minimum absolute atomic E-state index is 0.277. The van der Waals surface area contributed by atoms with Crippen molar-refractivity contribution in [3.63, 3.8) is 0 Å². The van der Waals surface area contributed by atoms with Gasteiger partial charge in [0.15, 0.2) is 5.75 Å². The van der Waals surface area contributed by atoms with Gasteiger partial charge in [-0.25, -0.2) is 4.39 Å². The molecule has 0 aliphatic carbocycles. The average molecular weight is 431 g/mol. The molecule has 32 heavy (non-hydrogen) atoms. The molecule has 4 nitrogen and oxygen atoms in total. The molecule has 1 heterocycles. The van der Waals surface area contributed by atoms with Crippen LogP contribution in [-0.4, -0.2) is 16.8 Å². The van der Waals surface area contributed by atoms with Crippen LogP contribution >= 0.6 is 0 Å². The first-order valence-electron chi connectivity index (χ1n) is 10.4. The Hall–Kier alpha value is -3.73. The van der Waals surface area contributed by atoms with E-state index in [1.807, 2.05) is 62.4 Å². The Morgan fingerprint density at radius 3 is 2.50 bits per heavy atom. The third-order valence-corrected chi connectivity index (χ3v) is 4.53. The van der Waals surface area contributed by atoms with Crippen LogP contribution in [-0.2, 0) is 13.0 Å². The highest BCUT2D eigenvalue weighted by molar-refractivity contribution is 5.37. The summed E-state index contributed by atoms with van der Waals surface area (Å²) < 4.78 is 26.1. The molecule has 3 rings (SSSR count). The molecular weight excluding hydrogens is 403 g/mol. The molecule has 5 heteroatoms. The lowest BCUT2D eigenvalue weighted by Gasteiger charge is -2.13. The van der Waals surface area contributed by atoms with Crippen LogP contribution in [0.4, 0.5) is 4.39 Å². The number of rotatable bonds is 10. The number of halogens is 1. The van der Waals surface area contributed by atoms with Crippen LogP contribution in [0.3, 0.4) is 0 Å². The SMILES string of the molecule is C=C(C)C=C(C=CC)COc1cc(Cc2ccccc2F)nnc1OCc1ccccc1. The van der Waals surface area contributed by atoms with Crippen molar-refractivity contribution in [3.8, 4) is 11.6 Å². The van der Waals surface area contributed by atoms with Gasteiger partial charge in [-0.15, -0.1) is 5.10 Å². The molecule has 0 fully saturated rings. The molecule has 3 aromatic rings. The topological polar surface area (TPSA) is 44.2 Å². The van der Waals surface area contributed by atoms with Gasteiger partial charge in [-0.05, 0) is 36.6 Å². The minimum atomic E-state index is -0.277. The van der Waals surface area contributed by atoms with E-state index < -0.39 is 0 Å². The molecule has 0 atom stereocenters. The molecule has 0 N–H and O–H groups in total. The van der Waals surface area contributed by atoms with Gasteiger partial charge in [0.05, 0.1) is 5.69 Å². The number of allylic oxidation sites excluding steroid dienone is 3. The fourth-order valence-corrected chi connectivity index (χ4v) is 3.08. The largest absolute Gasteiger partial charge is 0.483 e. The van der Waals surface area contributed by atoms with Crippen LogP contribution in [0.2, 0.25) is 0 Å². The predicted octanol–water partition coefficient (Wildman–Crippen LogP) is 6.24. The van der Waals surface area contributed by atoms with Crippen molar-refractivity contribution in [2.45, 2.75) is 26.9 Å². The molecule has 0 amide bonds. The summed E-state index contributed by atoms with van der Waals surface area (Å²) in [5.41, 5.74) is 4.03. The number of nitrogens with zero attached hydrogens (tertiary/aromatic N) is 2. The van der Waals surface area contributed by atoms with E-state index in [1.54, 1.807) is 24.3 Å². The van der Waals surface area contributed by atoms with Crippen molar-refractivity contribution >= 4 is 0 Å². The van der Waals surface area contributed by atoms with Gasteiger partial charge in [0.25, 0.3) is 5.88 Å². The van der Waals surface area contributed by atoms with Crippen molar-refractivity contribution < 1.29 is 13.9 Å². The first kappa shape index (κ1) is 22.9. The van der Waals surface area contributed by atoms with Gasteiger partial charge in [0.2, 0.25) is 0 Å². The normalized spacial score (nSPS) is 11.5. The van der Waals surface area contributed by atoms with Crippen LogP contribution in [0, 0.1) is 5.82 Å². The quantitative estimate of drug-likeness (QED) is 0.357. The van der Waals surface area contributed by atoms with Crippen molar-refractivity contribution in [1.82, 2.24) is 10.2 Å². The van der Waals surface area contributed by atoms with E-state index in [9.17, 15) is 4.39 Å². The maximum atomic E-state index is 14.1. The summed E-state index contributed by atoms with van der Waals surface area (Å²) in [7, 11) is 0. The molecule has 0 saturated heterocycles. The lowest BCUT2D eigenvalue weighted by Crippen LogP contribution is -2.07. The van der Waals surface area contributed by atoms with Crippen LogP contribution in [0.5, 0.6) is 11.6 Å². The summed E-state index contributed by atoms with van der Waals surface area (Å²) in [5, 5.41) is 8.47. The highest BCUT2D eigenvalue weighted by Gasteiger charge is 2.13. The summed E-state index contributed by atoms with van der Waals surface area (Å²) >= 11 is 0. The van der Waals surface area contributed by atoms with Gasteiger partial charge < -0.3 is 9.47 Å². The molecule has 0 saturated carbocycles. The second-order valence-corrected chi connectivity index (χ2v) is 7.40.